The van der Waals surface area contributed by atoms with Crippen molar-refractivity contribution in [2.75, 3.05) is 25.4 Å². The van der Waals surface area contributed by atoms with Crippen LogP contribution in [0.4, 0.5) is 32.0 Å². The van der Waals surface area contributed by atoms with E-state index in [1.165, 1.54) is 0 Å². The molecule has 0 aromatic carbocycles. The minimum atomic E-state index is -5.07. The number of nitrogens with zero attached hydrogens (tertiary/aromatic N) is 3. The number of carbonyl (C=O) groups is 1. The number of unbranched alkanes of at least 4 members (excludes halogenated alkanes) is 1. The van der Waals surface area contributed by atoms with Gasteiger partial charge in [-0.2, -0.15) is 26.3 Å². The second kappa shape index (κ2) is 15.2. The van der Waals surface area contributed by atoms with Crippen molar-refractivity contribution >= 4 is 11.7 Å². The van der Waals surface area contributed by atoms with E-state index in [0.29, 0.717) is 37.6 Å². The fraction of sp³-hybridized carbons (Fsp3) is 0.400. The first-order valence-corrected chi connectivity index (χ1v) is 13.9. The molecule has 1 aliphatic rings. The number of pyridine rings is 1. The molecule has 1 unspecified atom stereocenters. The summed E-state index contributed by atoms with van der Waals surface area (Å²) in [5.74, 6) is -3.36. The lowest BCUT2D eigenvalue weighted by Crippen LogP contribution is -2.46. The van der Waals surface area contributed by atoms with E-state index in [4.69, 9.17) is 20.0 Å². The maximum Gasteiger partial charge on any atom is 0.426 e. The largest absolute Gasteiger partial charge is 0.481 e. The topological polar surface area (TPSA) is 136 Å². The maximum absolute atomic E-state index is 14.9. The summed E-state index contributed by atoms with van der Waals surface area (Å²) >= 11 is 0. The SMILES string of the molecule is C=C/C=C(\C=C)CNCCCCC(OCC1=CCCC=C1)(c1nnc(-c2nc(CC(=O)O)c(C(F)(F)F)cc2N)o1)C(F)(F)F. The third-order valence-corrected chi connectivity index (χ3v) is 6.80. The second-order valence-electron chi connectivity index (χ2n) is 10.1. The first-order chi connectivity index (χ1) is 21.2. The maximum atomic E-state index is 14.9. The molecule has 2 heterocycles. The van der Waals surface area contributed by atoms with Gasteiger partial charge in [-0.25, -0.2) is 4.98 Å². The second-order valence-corrected chi connectivity index (χ2v) is 10.1. The number of nitrogen functional groups attached to an aromatic ring is 1. The van der Waals surface area contributed by atoms with E-state index in [0.717, 1.165) is 12.0 Å². The minimum absolute atomic E-state index is 0.00284. The Morgan fingerprint density at radius 3 is 2.51 bits per heavy atom. The molecule has 4 N–H and O–H groups in total. The van der Waals surface area contributed by atoms with Crippen LogP contribution in [0, 0.1) is 0 Å². The van der Waals surface area contributed by atoms with Gasteiger partial charge in [-0.15, -0.1) is 10.2 Å². The van der Waals surface area contributed by atoms with Gasteiger partial charge in [-0.05, 0) is 55.9 Å². The zero-order valence-corrected chi connectivity index (χ0v) is 24.2. The van der Waals surface area contributed by atoms with Crippen LogP contribution in [-0.4, -0.2) is 52.1 Å². The standard InChI is InChI=1S/C30H33F6N5O4/c1-3-10-19(4-2)17-38-14-9-8-13-28(30(34,35)36,44-18-20-11-6-5-7-12-20)27-41-40-26(45-27)25-22(37)15-21(29(31,32)33)23(39-25)16-24(42)43/h3-4,6,10-12,15,38H,1-2,5,7-9,13-14,16-18,37H2,(H,42,43)/b19-10+. The Morgan fingerprint density at radius 1 is 1.16 bits per heavy atom. The van der Waals surface area contributed by atoms with Gasteiger partial charge in [0.25, 0.3) is 11.8 Å². The molecule has 3 rings (SSSR count). The van der Waals surface area contributed by atoms with Crippen molar-refractivity contribution < 1.29 is 45.4 Å². The van der Waals surface area contributed by atoms with Gasteiger partial charge in [0.15, 0.2) is 5.69 Å². The molecule has 15 heteroatoms. The zero-order valence-electron chi connectivity index (χ0n) is 24.2. The molecule has 9 nitrogen and oxygen atoms in total. The van der Waals surface area contributed by atoms with Gasteiger partial charge in [-0.1, -0.05) is 49.6 Å². The number of hydrogen-bond donors (Lipinski definition) is 3. The predicted molar refractivity (Wildman–Crippen MR) is 154 cm³/mol. The number of anilines is 1. The Balaban J connectivity index is 1.97. The normalized spacial score (nSPS) is 15.4. The van der Waals surface area contributed by atoms with Crippen molar-refractivity contribution in [3.05, 3.63) is 84.0 Å². The van der Waals surface area contributed by atoms with Crippen molar-refractivity contribution in [2.45, 2.75) is 56.5 Å². The lowest BCUT2D eigenvalue weighted by atomic mass is 9.94. The fourth-order valence-electron chi connectivity index (χ4n) is 4.52. The molecular weight excluding hydrogens is 608 g/mol. The molecule has 0 amide bonds. The molecule has 244 valence electrons. The van der Waals surface area contributed by atoms with Crippen LogP contribution in [0.3, 0.4) is 0 Å². The van der Waals surface area contributed by atoms with Crippen LogP contribution in [0.5, 0.6) is 0 Å². The molecule has 0 aliphatic heterocycles. The van der Waals surface area contributed by atoms with Crippen LogP contribution in [0.15, 0.2) is 71.2 Å². The summed E-state index contributed by atoms with van der Waals surface area (Å²) in [5, 5.41) is 19.4. The van der Waals surface area contributed by atoms with E-state index in [1.807, 2.05) is 0 Å². The lowest BCUT2D eigenvalue weighted by molar-refractivity contribution is -0.293. The highest BCUT2D eigenvalue weighted by atomic mass is 19.4. The summed E-state index contributed by atoms with van der Waals surface area (Å²) in [6, 6.07) is 0.425. The molecule has 45 heavy (non-hydrogen) atoms. The van der Waals surface area contributed by atoms with Crippen LogP contribution in [-0.2, 0) is 27.7 Å². The van der Waals surface area contributed by atoms with Crippen LogP contribution in [0.2, 0.25) is 0 Å². The number of allylic oxidation sites excluding steroid dienone is 4. The van der Waals surface area contributed by atoms with Crippen LogP contribution in [0.25, 0.3) is 11.6 Å². The molecule has 1 aliphatic carbocycles. The third kappa shape index (κ3) is 9.14. The van der Waals surface area contributed by atoms with Crippen molar-refractivity contribution in [3.63, 3.8) is 0 Å². The van der Waals surface area contributed by atoms with Crippen molar-refractivity contribution in [2.24, 2.45) is 0 Å². The van der Waals surface area contributed by atoms with E-state index in [9.17, 15) is 31.1 Å². The highest BCUT2D eigenvalue weighted by Gasteiger charge is 2.61. The summed E-state index contributed by atoms with van der Waals surface area (Å²) in [6.07, 6.45) is -0.0460. The number of aliphatic carboxylic acids is 1. The molecule has 0 saturated heterocycles. The van der Waals surface area contributed by atoms with Gasteiger partial charge in [0.1, 0.15) is 0 Å². The van der Waals surface area contributed by atoms with Gasteiger partial charge in [-0.3, -0.25) is 4.79 Å². The van der Waals surface area contributed by atoms with Gasteiger partial charge < -0.3 is 25.3 Å². The van der Waals surface area contributed by atoms with E-state index >= 15 is 0 Å². The minimum Gasteiger partial charge on any atom is -0.481 e. The Hall–Kier alpha value is -4.24. The molecule has 0 spiro atoms. The van der Waals surface area contributed by atoms with E-state index < -0.39 is 77.8 Å². The van der Waals surface area contributed by atoms with E-state index in [1.54, 1.807) is 36.5 Å². The lowest BCUT2D eigenvalue weighted by Gasteiger charge is -2.33. The summed E-state index contributed by atoms with van der Waals surface area (Å²) in [5.41, 5.74) is 0.421. The van der Waals surface area contributed by atoms with E-state index in [2.05, 4.69) is 33.7 Å². The first kappa shape index (κ1) is 35.2. The summed E-state index contributed by atoms with van der Waals surface area (Å²) in [7, 11) is 0. The molecule has 0 bridgehead atoms. The molecule has 2 aromatic rings. The quantitative estimate of drug-likeness (QED) is 0.107. The third-order valence-electron chi connectivity index (χ3n) is 6.80. The molecule has 0 radical (unpaired) electrons. The van der Waals surface area contributed by atoms with Crippen LogP contribution in [0.1, 0.15) is 49.3 Å². The highest BCUT2D eigenvalue weighted by molar-refractivity contribution is 5.73. The van der Waals surface area contributed by atoms with Gasteiger partial charge in [0, 0.05) is 6.54 Å². The van der Waals surface area contributed by atoms with Gasteiger partial charge in [0.05, 0.1) is 30.0 Å². The first-order valence-electron chi connectivity index (χ1n) is 13.9. The smallest absolute Gasteiger partial charge is 0.426 e. The highest BCUT2D eigenvalue weighted by Crippen LogP contribution is 2.47. The predicted octanol–water partition coefficient (Wildman–Crippen LogP) is 6.47. The molecule has 0 fully saturated rings. The molecule has 2 aromatic heterocycles. The van der Waals surface area contributed by atoms with Crippen molar-refractivity contribution in [3.8, 4) is 11.6 Å². The number of ether oxygens (including phenoxy) is 1. The number of halogens is 6. The van der Waals surface area contributed by atoms with Gasteiger partial charge >= 0.3 is 18.3 Å². The Kier molecular flexibility index (Phi) is 11.9. The number of rotatable bonds is 16. The van der Waals surface area contributed by atoms with Gasteiger partial charge in [0.2, 0.25) is 5.60 Å². The number of aromatic nitrogens is 3. The summed E-state index contributed by atoms with van der Waals surface area (Å²) < 4.78 is 96.4. The Morgan fingerprint density at radius 2 is 1.91 bits per heavy atom. The number of nitrogens with one attached hydrogen (secondary N) is 1. The average molecular weight is 642 g/mol. The molecule has 0 saturated carbocycles. The Bertz CT molecular complexity index is 1460. The number of carboxylic acids is 1. The number of nitrogens with two attached hydrogens (primary N) is 1. The fourth-order valence-corrected chi connectivity index (χ4v) is 4.52. The van der Waals surface area contributed by atoms with Crippen LogP contribution >= 0.6 is 0 Å². The van der Waals surface area contributed by atoms with Crippen molar-refractivity contribution in [1.29, 1.82) is 0 Å². The summed E-state index contributed by atoms with van der Waals surface area (Å²) in [4.78, 5) is 14.9. The molecule has 1 atom stereocenters. The van der Waals surface area contributed by atoms with E-state index in [-0.39, 0.29) is 6.42 Å². The van der Waals surface area contributed by atoms with Crippen LogP contribution < -0.4 is 11.1 Å². The average Bonchev–Trinajstić information content (AvgIpc) is 3.46. The zero-order chi connectivity index (χ0) is 33.3. The number of hydrogen-bond acceptors (Lipinski definition) is 8. The monoisotopic (exact) mass is 641 g/mol. The van der Waals surface area contributed by atoms with Crippen molar-refractivity contribution in [1.82, 2.24) is 20.5 Å². The molecular formula is C30H33F6N5O4. The number of alkyl halides is 6. The Labute approximate surface area is 255 Å². The summed E-state index contributed by atoms with van der Waals surface area (Å²) in [6.45, 7) is 7.65. The number of carboxylic acid groups (broad SMARTS) is 1.